The molecule has 3 aromatic heterocycles. The highest BCUT2D eigenvalue weighted by Crippen LogP contribution is 2.28. The van der Waals surface area contributed by atoms with Gasteiger partial charge in [0.25, 0.3) is 5.91 Å². The summed E-state index contributed by atoms with van der Waals surface area (Å²) in [5, 5.41) is 13.9. The molecule has 7 nitrogen and oxygen atoms in total. The highest BCUT2D eigenvalue weighted by atomic mass is 32.1. The Labute approximate surface area is 149 Å². The van der Waals surface area contributed by atoms with Gasteiger partial charge in [0.15, 0.2) is 0 Å². The minimum Gasteiger partial charge on any atom is -0.348 e. The summed E-state index contributed by atoms with van der Waals surface area (Å²) in [7, 11) is 1.81. The Kier molecular flexibility index (Phi) is 4.35. The van der Waals surface area contributed by atoms with Crippen molar-refractivity contribution in [3.8, 4) is 10.6 Å². The molecule has 0 unspecified atom stereocenters. The number of rotatable bonds is 4. The fraction of sp³-hybridized carbons (Fsp3) is 0.412. The van der Waals surface area contributed by atoms with Crippen LogP contribution in [0.15, 0.2) is 36.2 Å². The molecule has 0 atom stereocenters. The van der Waals surface area contributed by atoms with E-state index in [1.54, 1.807) is 28.7 Å². The molecule has 8 heteroatoms. The van der Waals surface area contributed by atoms with Crippen molar-refractivity contribution in [3.05, 3.63) is 41.9 Å². The predicted octanol–water partition coefficient (Wildman–Crippen LogP) is 2.65. The zero-order chi connectivity index (χ0) is 17.2. The minimum atomic E-state index is -0.0537. The largest absolute Gasteiger partial charge is 0.348 e. The van der Waals surface area contributed by atoms with Crippen molar-refractivity contribution in [2.24, 2.45) is 7.05 Å². The van der Waals surface area contributed by atoms with Crippen LogP contribution in [0.1, 0.15) is 42.2 Å². The molecule has 0 radical (unpaired) electrons. The summed E-state index contributed by atoms with van der Waals surface area (Å²) < 4.78 is 3.58. The molecule has 0 aliphatic heterocycles. The summed E-state index contributed by atoms with van der Waals surface area (Å²) in [6, 6.07) is 6.45. The molecule has 1 saturated carbocycles. The van der Waals surface area contributed by atoms with Crippen molar-refractivity contribution < 1.29 is 4.79 Å². The van der Waals surface area contributed by atoms with E-state index in [9.17, 15) is 4.79 Å². The van der Waals surface area contributed by atoms with Crippen LogP contribution in [0.3, 0.4) is 0 Å². The lowest BCUT2D eigenvalue weighted by molar-refractivity contribution is 0.0912. The van der Waals surface area contributed by atoms with Crippen LogP contribution in [0.2, 0.25) is 0 Å². The van der Waals surface area contributed by atoms with E-state index < -0.39 is 0 Å². The van der Waals surface area contributed by atoms with Crippen LogP contribution in [0, 0.1) is 0 Å². The molecule has 3 aromatic rings. The third kappa shape index (κ3) is 3.34. The van der Waals surface area contributed by atoms with E-state index in [0.717, 1.165) is 36.3 Å². The number of aryl methyl sites for hydroxylation is 1. The van der Waals surface area contributed by atoms with Crippen molar-refractivity contribution in [1.29, 1.82) is 0 Å². The fourth-order valence-electron chi connectivity index (χ4n) is 3.37. The van der Waals surface area contributed by atoms with Gasteiger partial charge in [-0.1, -0.05) is 6.07 Å². The molecule has 0 spiro atoms. The molecule has 0 aromatic carbocycles. The van der Waals surface area contributed by atoms with Gasteiger partial charge in [0, 0.05) is 13.1 Å². The van der Waals surface area contributed by atoms with Crippen LogP contribution in [-0.2, 0) is 7.05 Å². The SMILES string of the molecule is Cn1nc(-c2cccs2)cc1C(=O)NC1CCC(n2cncn2)CC1. The summed E-state index contributed by atoms with van der Waals surface area (Å²) >= 11 is 1.62. The van der Waals surface area contributed by atoms with E-state index >= 15 is 0 Å². The monoisotopic (exact) mass is 356 g/mol. The average Bonchev–Trinajstić information content (AvgIpc) is 3.37. The number of carbonyl (C=O) groups is 1. The van der Waals surface area contributed by atoms with Crippen LogP contribution in [-0.4, -0.2) is 36.5 Å². The molecule has 1 fully saturated rings. The number of carbonyl (C=O) groups excluding carboxylic acids is 1. The van der Waals surface area contributed by atoms with Crippen LogP contribution in [0.4, 0.5) is 0 Å². The smallest absolute Gasteiger partial charge is 0.269 e. The fourth-order valence-corrected chi connectivity index (χ4v) is 4.06. The maximum atomic E-state index is 12.6. The topological polar surface area (TPSA) is 77.6 Å². The number of nitrogens with one attached hydrogen (secondary N) is 1. The molecule has 4 rings (SSSR count). The van der Waals surface area contributed by atoms with Gasteiger partial charge >= 0.3 is 0 Å². The minimum absolute atomic E-state index is 0.0537. The molecule has 3 heterocycles. The standard InChI is InChI=1S/C17H20N6OS/c1-22-15(9-14(21-22)16-3-2-8-25-16)17(24)20-12-4-6-13(7-5-12)23-11-18-10-19-23/h2-3,8-13H,4-7H2,1H3,(H,20,24). The number of aromatic nitrogens is 5. The van der Waals surface area contributed by atoms with Gasteiger partial charge in [0.1, 0.15) is 24.0 Å². The van der Waals surface area contributed by atoms with Gasteiger partial charge in [-0.05, 0) is 43.2 Å². The number of amides is 1. The Hall–Kier alpha value is -2.48. The maximum absolute atomic E-state index is 12.6. The lowest BCUT2D eigenvalue weighted by Gasteiger charge is -2.28. The van der Waals surface area contributed by atoms with Crippen molar-refractivity contribution in [3.63, 3.8) is 0 Å². The Balaban J connectivity index is 1.38. The van der Waals surface area contributed by atoms with E-state index in [1.165, 1.54) is 0 Å². The molecule has 1 aliphatic rings. The highest BCUT2D eigenvalue weighted by molar-refractivity contribution is 7.13. The second kappa shape index (κ2) is 6.79. The normalized spacial score (nSPS) is 20.5. The van der Waals surface area contributed by atoms with Gasteiger partial charge in [-0.2, -0.15) is 10.2 Å². The van der Waals surface area contributed by atoms with Crippen LogP contribution in [0.5, 0.6) is 0 Å². The van der Waals surface area contributed by atoms with Gasteiger partial charge in [-0.15, -0.1) is 11.3 Å². The summed E-state index contributed by atoms with van der Waals surface area (Å²) in [6.45, 7) is 0. The third-order valence-corrected chi connectivity index (χ3v) is 5.62. The lowest BCUT2D eigenvalue weighted by atomic mass is 9.91. The van der Waals surface area contributed by atoms with Crippen molar-refractivity contribution in [2.75, 3.05) is 0 Å². The second-order valence-corrected chi connectivity index (χ2v) is 7.32. The zero-order valence-electron chi connectivity index (χ0n) is 14.0. The van der Waals surface area contributed by atoms with E-state index in [1.807, 2.05) is 35.3 Å². The lowest BCUT2D eigenvalue weighted by Crippen LogP contribution is -2.38. The second-order valence-electron chi connectivity index (χ2n) is 6.37. The van der Waals surface area contributed by atoms with Crippen LogP contribution in [0.25, 0.3) is 10.6 Å². The maximum Gasteiger partial charge on any atom is 0.269 e. The zero-order valence-corrected chi connectivity index (χ0v) is 14.8. The Morgan fingerprint density at radius 1 is 1.32 bits per heavy atom. The summed E-state index contributed by atoms with van der Waals surface area (Å²) in [5.74, 6) is -0.0537. The van der Waals surface area contributed by atoms with Crippen molar-refractivity contribution in [1.82, 2.24) is 29.9 Å². The molecule has 0 bridgehead atoms. The first-order chi connectivity index (χ1) is 12.2. The molecular weight excluding hydrogens is 336 g/mol. The first-order valence-corrected chi connectivity index (χ1v) is 9.31. The van der Waals surface area contributed by atoms with E-state index in [0.29, 0.717) is 11.7 Å². The van der Waals surface area contributed by atoms with Crippen LogP contribution >= 0.6 is 11.3 Å². The van der Waals surface area contributed by atoms with Gasteiger partial charge < -0.3 is 5.32 Å². The van der Waals surface area contributed by atoms with Crippen LogP contribution < -0.4 is 5.32 Å². The first-order valence-electron chi connectivity index (χ1n) is 8.43. The summed E-state index contributed by atoms with van der Waals surface area (Å²) in [6.07, 6.45) is 7.24. The van der Waals surface area contributed by atoms with E-state index in [2.05, 4.69) is 20.5 Å². The average molecular weight is 356 g/mol. The first kappa shape index (κ1) is 16.0. The highest BCUT2D eigenvalue weighted by Gasteiger charge is 2.25. The molecular formula is C17H20N6OS. The van der Waals surface area contributed by atoms with Gasteiger partial charge in [-0.3, -0.25) is 9.48 Å². The molecule has 1 aliphatic carbocycles. The number of hydrogen-bond acceptors (Lipinski definition) is 5. The molecule has 130 valence electrons. The quantitative estimate of drug-likeness (QED) is 0.779. The Morgan fingerprint density at radius 2 is 2.16 bits per heavy atom. The molecule has 0 saturated heterocycles. The summed E-state index contributed by atoms with van der Waals surface area (Å²) in [5.41, 5.74) is 1.44. The van der Waals surface area contributed by atoms with E-state index in [4.69, 9.17) is 0 Å². The Morgan fingerprint density at radius 3 is 2.84 bits per heavy atom. The summed E-state index contributed by atoms with van der Waals surface area (Å²) in [4.78, 5) is 17.7. The van der Waals surface area contributed by atoms with Gasteiger partial charge in [0.2, 0.25) is 0 Å². The third-order valence-electron chi connectivity index (χ3n) is 4.73. The molecule has 1 amide bonds. The molecule has 25 heavy (non-hydrogen) atoms. The predicted molar refractivity (Wildman–Crippen MR) is 95.3 cm³/mol. The van der Waals surface area contributed by atoms with Crippen molar-refractivity contribution in [2.45, 2.75) is 37.8 Å². The van der Waals surface area contributed by atoms with Gasteiger partial charge in [0.05, 0.1) is 10.9 Å². The molecule has 1 N–H and O–H groups in total. The number of hydrogen-bond donors (Lipinski definition) is 1. The number of nitrogens with zero attached hydrogens (tertiary/aromatic N) is 5. The number of thiophene rings is 1. The van der Waals surface area contributed by atoms with Crippen molar-refractivity contribution >= 4 is 17.2 Å². The van der Waals surface area contributed by atoms with E-state index in [-0.39, 0.29) is 11.9 Å². The Bertz CT molecular complexity index is 831. The van der Waals surface area contributed by atoms with Gasteiger partial charge in [-0.25, -0.2) is 9.67 Å².